The SMILES string of the molecule is CCNC(=O)c1c(NC(=O)c2ccccc2Br)sc2c1CCC(C(C)(C)C)C2. The summed E-state index contributed by atoms with van der Waals surface area (Å²) in [5.41, 5.74) is 2.54. The maximum absolute atomic E-state index is 12.8. The normalized spacial score (nSPS) is 16.4. The van der Waals surface area contributed by atoms with Crippen LogP contribution in [0, 0.1) is 11.3 Å². The molecule has 0 spiro atoms. The van der Waals surface area contributed by atoms with Crippen molar-refractivity contribution < 1.29 is 9.59 Å². The molecule has 0 radical (unpaired) electrons. The molecule has 1 aromatic carbocycles. The van der Waals surface area contributed by atoms with Gasteiger partial charge in [0.1, 0.15) is 5.00 Å². The lowest BCUT2D eigenvalue weighted by molar-refractivity contribution is 0.0955. The predicted molar refractivity (Wildman–Crippen MR) is 119 cm³/mol. The van der Waals surface area contributed by atoms with Gasteiger partial charge in [0.2, 0.25) is 0 Å². The van der Waals surface area contributed by atoms with Crippen molar-refractivity contribution in [2.75, 3.05) is 11.9 Å². The summed E-state index contributed by atoms with van der Waals surface area (Å²) in [5.74, 6) is 0.271. The number of benzene rings is 1. The Morgan fingerprint density at radius 2 is 1.93 bits per heavy atom. The van der Waals surface area contributed by atoms with Crippen LogP contribution in [0.3, 0.4) is 0 Å². The third-order valence-electron chi connectivity index (χ3n) is 5.40. The summed E-state index contributed by atoms with van der Waals surface area (Å²) in [5, 5.41) is 6.58. The van der Waals surface area contributed by atoms with E-state index in [1.807, 2.05) is 25.1 Å². The fourth-order valence-corrected chi connectivity index (χ4v) is 5.50. The van der Waals surface area contributed by atoms with E-state index in [-0.39, 0.29) is 17.2 Å². The molecule has 2 aromatic rings. The molecule has 150 valence electrons. The predicted octanol–water partition coefficient (Wildman–Crippen LogP) is 5.66. The van der Waals surface area contributed by atoms with Crippen molar-refractivity contribution in [3.05, 3.63) is 50.3 Å². The molecule has 1 heterocycles. The van der Waals surface area contributed by atoms with Crippen molar-refractivity contribution in [1.29, 1.82) is 0 Å². The van der Waals surface area contributed by atoms with E-state index in [9.17, 15) is 9.59 Å². The Bertz CT molecular complexity index is 898. The summed E-state index contributed by atoms with van der Waals surface area (Å²) in [6.07, 6.45) is 2.91. The van der Waals surface area contributed by atoms with Gasteiger partial charge in [-0.1, -0.05) is 32.9 Å². The molecule has 1 aliphatic rings. The van der Waals surface area contributed by atoms with Crippen LogP contribution in [0.4, 0.5) is 5.00 Å². The third kappa shape index (κ3) is 4.33. The minimum absolute atomic E-state index is 0.100. The Hall–Kier alpha value is -1.66. The monoisotopic (exact) mass is 462 g/mol. The van der Waals surface area contributed by atoms with Gasteiger partial charge in [0.05, 0.1) is 11.1 Å². The summed E-state index contributed by atoms with van der Waals surface area (Å²) in [7, 11) is 0. The summed E-state index contributed by atoms with van der Waals surface area (Å²) >= 11 is 4.99. The first-order chi connectivity index (χ1) is 13.2. The topological polar surface area (TPSA) is 58.2 Å². The Kier molecular flexibility index (Phi) is 6.30. The standard InChI is InChI=1S/C22H27BrN2O2S/c1-5-24-20(27)18-15-11-10-13(22(2,3)4)12-17(15)28-21(18)25-19(26)14-8-6-7-9-16(14)23/h6-9,13H,5,10-12H2,1-4H3,(H,24,27)(H,25,26). The quantitative estimate of drug-likeness (QED) is 0.615. The first-order valence-corrected chi connectivity index (χ1v) is 11.3. The Labute approximate surface area is 179 Å². The van der Waals surface area contributed by atoms with Crippen LogP contribution < -0.4 is 10.6 Å². The van der Waals surface area contributed by atoms with Crippen LogP contribution in [0.15, 0.2) is 28.7 Å². The molecule has 6 heteroatoms. The highest BCUT2D eigenvalue weighted by Crippen LogP contribution is 2.44. The van der Waals surface area contributed by atoms with Gasteiger partial charge in [-0.2, -0.15) is 0 Å². The van der Waals surface area contributed by atoms with Crippen molar-refractivity contribution in [1.82, 2.24) is 5.32 Å². The van der Waals surface area contributed by atoms with Gasteiger partial charge in [-0.05, 0) is 71.1 Å². The molecular formula is C22H27BrN2O2S. The van der Waals surface area contributed by atoms with Crippen LogP contribution in [0.25, 0.3) is 0 Å². The maximum Gasteiger partial charge on any atom is 0.257 e. The van der Waals surface area contributed by atoms with Crippen molar-refractivity contribution in [2.45, 2.75) is 47.0 Å². The second kappa shape index (κ2) is 8.37. The van der Waals surface area contributed by atoms with Gasteiger partial charge in [0.15, 0.2) is 0 Å². The highest BCUT2D eigenvalue weighted by Gasteiger charge is 2.34. The molecule has 3 rings (SSSR count). The van der Waals surface area contributed by atoms with Gasteiger partial charge in [0, 0.05) is 15.9 Å². The Morgan fingerprint density at radius 3 is 2.57 bits per heavy atom. The fourth-order valence-electron chi connectivity index (χ4n) is 3.72. The van der Waals surface area contributed by atoms with E-state index in [4.69, 9.17) is 0 Å². The average molecular weight is 463 g/mol. The molecule has 1 atom stereocenters. The minimum Gasteiger partial charge on any atom is -0.352 e. The molecule has 0 fully saturated rings. The lowest BCUT2D eigenvalue weighted by Gasteiger charge is -2.33. The lowest BCUT2D eigenvalue weighted by atomic mass is 9.72. The molecule has 0 saturated carbocycles. The Balaban J connectivity index is 1.96. The zero-order valence-corrected chi connectivity index (χ0v) is 19.2. The number of halogens is 1. The highest BCUT2D eigenvalue weighted by molar-refractivity contribution is 9.10. The number of fused-ring (bicyclic) bond motifs is 1. The zero-order chi connectivity index (χ0) is 20.5. The van der Waals surface area contributed by atoms with Crippen LogP contribution in [-0.4, -0.2) is 18.4 Å². The van der Waals surface area contributed by atoms with Crippen molar-refractivity contribution in [2.24, 2.45) is 11.3 Å². The van der Waals surface area contributed by atoms with E-state index in [2.05, 4.69) is 47.3 Å². The number of hydrogen-bond acceptors (Lipinski definition) is 3. The van der Waals surface area contributed by atoms with E-state index in [0.717, 1.165) is 29.3 Å². The minimum atomic E-state index is -0.205. The Morgan fingerprint density at radius 1 is 1.21 bits per heavy atom. The van der Waals surface area contributed by atoms with Crippen LogP contribution >= 0.6 is 27.3 Å². The van der Waals surface area contributed by atoms with Gasteiger partial charge >= 0.3 is 0 Å². The molecule has 1 aliphatic carbocycles. The van der Waals surface area contributed by atoms with E-state index in [1.165, 1.54) is 4.88 Å². The third-order valence-corrected chi connectivity index (χ3v) is 7.26. The van der Waals surface area contributed by atoms with Crippen LogP contribution in [-0.2, 0) is 12.8 Å². The van der Waals surface area contributed by atoms with E-state index < -0.39 is 0 Å². The molecule has 0 aliphatic heterocycles. The molecule has 28 heavy (non-hydrogen) atoms. The van der Waals surface area contributed by atoms with Gasteiger partial charge in [-0.15, -0.1) is 11.3 Å². The molecule has 1 aromatic heterocycles. The summed E-state index contributed by atoms with van der Waals surface area (Å²) in [6, 6.07) is 7.32. The molecule has 0 saturated heterocycles. The summed E-state index contributed by atoms with van der Waals surface area (Å²) in [4.78, 5) is 26.9. The maximum atomic E-state index is 12.8. The highest BCUT2D eigenvalue weighted by atomic mass is 79.9. The van der Waals surface area contributed by atoms with E-state index >= 15 is 0 Å². The number of anilines is 1. The van der Waals surface area contributed by atoms with Crippen molar-refractivity contribution >= 4 is 44.1 Å². The van der Waals surface area contributed by atoms with E-state index in [1.54, 1.807) is 17.4 Å². The average Bonchev–Trinajstić information content (AvgIpc) is 2.98. The van der Waals surface area contributed by atoms with Gasteiger partial charge < -0.3 is 10.6 Å². The van der Waals surface area contributed by atoms with Crippen LogP contribution in [0.1, 0.15) is 65.3 Å². The molecule has 0 bridgehead atoms. The number of hydrogen-bond donors (Lipinski definition) is 2. The number of carbonyl (C=O) groups excluding carboxylic acids is 2. The second-order valence-corrected chi connectivity index (χ2v) is 10.3. The molecule has 2 N–H and O–H groups in total. The number of thiophene rings is 1. The largest absolute Gasteiger partial charge is 0.352 e. The first-order valence-electron chi connectivity index (χ1n) is 9.71. The number of rotatable bonds is 4. The molecule has 2 amide bonds. The number of nitrogens with one attached hydrogen (secondary N) is 2. The van der Waals surface area contributed by atoms with Crippen molar-refractivity contribution in [3.63, 3.8) is 0 Å². The first kappa shape index (κ1) is 21.1. The van der Waals surface area contributed by atoms with Gasteiger partial charge in [-0.25, -0.2) is 0 Å². The fraction of sp³-hybridized carbons (Fsp3) is 0.455. The number of carbonyl (C=O) groups is 2. The van der Waals surface area contributed by atoms with E-state index in [0.29, 0.717) is 28.6 Å². The van der Waals surface area contributed by atoms with Crippen LogP contribution in [0.2, 0.25) is 0 Å². The van der Waals surface area contributed by atoms with Gasteiger partial charge in [0.25, 0.3) is 11.8 Å². The zero-order valence-electron chi connectivity index (χ0n) is 16.8. The lowest BCUT2D eigenvalue weighted by Crippen LogP contribution is -2.28. The molecule has 4 nitrogen and oxygen atoms in total. The summed E-state index contributed by atoms with van der Waals surface area (Å²) in [6.45, 7) is 9.29. The summed E-state index contributed by atoms with van der Waals surface area (Å²) < 4.78 is 0.737. The molecular weight excluding hydrogens is 436 g/mol. The molecule has 1 unspecified atom stereocenters. The number of amides is 2. The van der Waals surface area contributed by atoms with Gasteiger partial charge in [-0.3, -0.25) is 9.59 Å². The smallest absolute Gasteiger partial charge is 0.257 e. The van der Waals surface area contributed by atoms with Crippen LogP contribution in [0.5, 0.6) is 0 Å². The second-order valence-electron chi connectivity index (χ2n) is 8.31. The van der Waals surface area contributed by atoms with Crippen molar-refractivity contribution in [3.8, 4) is 0 Å².